The first-order chi connectivity index (χ1) is 9.25. The molecule has 1 aromatic rings. The lowest BCUT2D eigenvalue weighted by atomic mass is 9.89. The molecule has 6 heteroatoms. The molecule has 2 aliphatic rings. The molecule has 0 spiro atoms. The van der Waals surface area contributed by atoms with E-state index in [4.69, 9.17) is 5.73 Å². The Hall–Kier alpha value is -1.69. The number of fused-ring (bicyclic) bond motifs is 2. The maximum Gasteiger partial charge on any atom is 0.225 e. The van der Waals surface area contributed by atoms with Crippen LogP contribution >= 0.6 is 0 Å². The van der Waals surface area contributed by atoms with Crippen LogP contribution in [0.1, 0.15) is 12.8 Å². The normalized spacial score (nSPS) is 31.8. The quantitative estimate of drug-likeness (QED) is 0.574. The molecule has 0 aromatic carbocycles. The summed E-state index contributed by atoms with van der Waals surface area (Å²) in [5.41, 5.74) is 6.11. The van der Waals surface area contributed by atoms with E-state index in [9.17, 15) is 4.79 Å². The minimum absolute atomic E-state index is 0.00897. The highest BCUT2D eigenvalue weighted by atomic mass is 16.1. The zero-order chi connectivity index (χ0) is 13.2. The number of nitrogens with two attached hydrogens (primary N) is 1. The Morgan fingerprint density at radius 2 is 2.26 bits per heavy atom. The molecular formula is C13H19N5O. The van der Waals surface area contributed by atoms with Crippen LogP contribution in [0.4, 0.5) is 0 Å². The van der Waals surface area contributed by atoms with Crippen LogP contribution in [0.5, 0.6) is 0 Å². The maximum atomic E-state index is 12.1. The minimum atomic E-state index is -0.0404. The summed E-state index contributed by atoms with van der Waals surface area (Å²) in [6.45, 7) is 1.42. The van der Waals surface area contributed by atoms with Gasteiger partial charge in [-0.3, -0.25) is 9.48 Å². The Morgan fingerprint density at radius 3 is 2.95 bits per heavy atom. The zero-order valence-corrected chi connectivity index (χ0v) is 10.8. The van der Waals surface area contributed by atoms with E-state index < -0.39 is 0 Å². The van der Waals surface area contributed by atoms with Crippen molar-refractivity contribution in [3.63, 3.8) is 0 Å². The molecule has 19 heavy (non-hydrogen) atoms. The van der Waals surface area contributed by atoms with Crippen molar-refractivity contribution in [3.05, 3.63) is 24.5 Å². The van der Waals surface area contributed by atoms with E-state index in [1.54, 1.807) is 10.9 Å². The highest BCUT2D eigenvalue weighted by molar-refractivity contribution is 5.80. The average molecular weight is 261 g/mol. The number of carbonyl (C=O) groups is 1. The van der Waals surface area contributed by atoms with Crippen molar-refractivity contribution in [2.24, 2.45) is 23.5 Å². The van der Waals surface area contributed by atoms with E-state index >= 15 is 0 Å². The third kappa shape index (κ3) is 2.40. The van der Waals surface area contributed by atoms with Crippen LogP contribution in [0, 0.1) is 17.8 Å². The molecule has 2 aliphatic carbocycles. The average Bonchev–Trinajstić information content (AvgIpc) is 3.10. The van der Waals surface area contributed by atoms with E-state index in [0.717, 1.165) is 19.4 Å². The van der Waals surface area contributed by atoms with Gasteiger partial charge in [-0.15, -0.1) is 5.10 Å². The van der Waals surface area contributed by atoms with Crippen LogP contribution in [0.3, 0.4) is 0 Å². The summed E-state index contributed by atoms with van der Waals surface area (Å²) in [7, 11) is 0. The van der Waals surface area contributed by atoms with E-state index in [1.165, 1.54) is 0 Å². The molecule has 0 radical (unpaired) electrons. The van der Waals surface area contributed by atoms with Gasteiger partial charge in [0, 0.05) is 25.3 Å². The molecule has 0 aliphatic heterocycles. The second-order valence-electron chi connectivity index (χ2n) is 5.36. The van der Waals surface area contributed by atoms with Crippen LogP contribution in [0.2, 0.25) is 0 Å². The summed E-state index contributed by atoms with van der Waals surface area (Å²) >= 11 is 0. The van der Waals surface area contributed by atoms with Gasteiger partial charge in [0.05, 0.1) is 12.1 Å². The van der Waals surface area contributed by atoms with Gasteiger partial charge in [0.2, 0.25) is 5.91 Å². The zero-order valence-electron chi connectivity index (χ0n) is 10.8. The predicted octanol–water partition coefficient (Wildman–Crippen LogP) is -0.0662. The third-order valence-electron chi connectivity index (χ3n) is 4.16. The number of rotatable bonds is 5. The number of allylic oxidation sites excluding steroid dienone is 1. The lowest BCUT2D eigenvalue weighted by Crippen LogP contribution is -2.44. The maximum absolute atomic E-state index is 12.1. The van der Waals surface area contributed by atoms with E-state index in [2.05, 4.69) is 27.8 Å². The Labute approximate surface area is 112 Å². The van der Waals surface area contributed by atoms with Gasteiger partial charge in [0.25, 0.3) is 0 Å². The number of nitrogens with one attached hydrogen (secondary N) is 1. The fraction of sp³-hybridized carbons (Fsp3) is 0.615. The first kappa shape index (κ1) is 12.3. The molecule has 6 nitrogen and oxygen atoms in total. The number of aryl methyl sites for hydroxylation is 1. The van der Waals surface area contributed by atoms with Crippen molar-refractivity contribution >= 4 is 5.91 Å². The van der Waals surface area contributed by atoms with Crippen molar-refractivity contribution in [2.45, 2.75) is 25.4 Å². The van der Waals surface area contributed by atoms with Crippen molar-refractivity contribution in [3.8, 4) is 0 Å². The monoisotopic (exact) mass is 261 g/mol. The summed E-state index contributed by atoms with van der Waals surface area (Å²) in [5.74, 6) is 0.801. The molecule has 0 saturated heterocycles. The summed E-state index contributed by atoms with van der Waals surface area (Å²) in [6, 6.07) is -0.00897. The highest BCUT2D eigenvalue weighted by Gasteiger charge is 2.45. The molecule has 1 heterocycles. The number of hydrogen-bond donors (Lipinski definition) is 2. The third-order valence-corrected chi connectivity index (χ3v) is 4.16. The van der Waals surface area contributed by atoms with Crippen LogP contribution in [-0.2, 0) is 11.3 Å². The van der Waals surface area contributed by atoms with Crippen molar-refractivity contribution < 1.29 is 4.79 Å². The number of amides is 1. The molecule has 2 bridgehead atoms. The van der Waals surface area contributed by atoms with Gasteiger partial charge in [0.1, 0.15) is 0 Å². The largest absolute Gasteiger partial charge is 0.356 e. The number of hydrogen-bond acceptors (Lipinski definition) is 4. The lowest BCUT2D eigenvalue weighted by Gasteiger charge is -2.23. The van der Waals surface area contributed by atoms with Crippen LogP contribution in [-0.4, -0.2) is 33.5 Å². The molecule has 4 atom stereocenters. The second kappa shape index (κ2) is 5.13. The highest BCUT2D eigenvalue weighted by Crippen LogP contribution is 2.42. The summed E-state index contributed by atoms with van der Waals surface area (Å²) in [4.78, 5) is 12.1. The van der Waals surface area contributed by atoms with E-state index in [0.29, 0.717) is 18.4 Å². The molecule has 1 amide bonds. The first-order valence-corrected chi connectivity index (χ1v) is 6.81. The van der Waals surface area contributed by atoms with Crippen LogP contribution in [0.15, 0.2) is 24.5 Å². The Morgan fingerprint density at radius 1 is 1.42 bits per heavy atom. The Kier molecular flexibility index (Phi) is 3.33. The molecule has 1 fully saturated rings. The van der Waals surface area contributed by atoms with Crippen molar-refractivity contribution in [1.82, 2.24) is 20.3 Å². The Balaban J connectivity index is 1.43. The topological polar surface area (TPSA) is 85.8 Å². The van der Waals surface area contributed by atoms with Gasteiger partial charge in [-0.2, -0.15) is 0 Å². The molecule has 102 valence electrons. The van der Waals surface area contributed by atoms with E-state index in [-0.39, 0.29) is 17.9 Å². The predicted molar refractivity (Wildman–Crippen MR) is 69.9 cm³/mol. The molecular weight excluding hydrogens is 242 g/mol. The van der Waals surface area contributed by atoms with Crippen molar-refractivity contribution in [2.75, 3.05) is 6.54 Å². The fourth-order valence-corrected chi connectivity index (χ4v) is 3.15. The van der Waals surface area contributed by atoms with Crippen molar-refractivity contribution in [1.29, 1.82) is 0 Å². The second-order valence-corrected chi connectivity index (χ2v) is 5.36. The van der Waals surface area contributed by atoms with Gasteiger partial charge in [-0.25, -0.2) is 0 Å². The minimum Gasteiger partial charge on any atom is -0.356 e. The smallest absolute Gasteiger partial charge is 0.225 e. The van der Waals surface area contributed by atoms with E-state index in [1.807, 2.05) is 6.20 Å². The molecule has 0 unspecified atom stereocenters. The van der Waals surface area contributed by atoms with Gasteiger partial charge >= 0.3 is 0 Å². The summed E-state index contributed by atoms with van der Waals surface area (Å²) in [6.07, 6.45) is 9.66. The van der Waals surface area contributed by atoms with Gasteiger partial charge in [-0.05, 0) is 24.7 Å². The van der Waals surface area contributed by atoms with Crippen LogP contribution < -0.4 is 11.1 Å². The molecule has 3 rings (SSSR count). The van der Waals surface area contributed by atoms with Gasteiger partial charge in [0.15, 0.2) is 0 Å². The van der Waals surface area contributed by atoms with Gasteiger partial charge in [-0.1, -0.05) is 17.4 Å². The number of aromatic nitrogens is 3. The SMILES string of the molecule is N[C@@H]1[C@H](C(=O)NCCCn2ccnn2)[C@@H]2C=C[C@H]1C2. The number of carbonyl (C=O) groups excluding carboxylic acids is 1. The summed E-state index contributed by atoms with van der Waals surface area (Å²) in [5, 5.41) is 10.6. The fourth-order valence-electron chi connectivity index (χ4n) is 3.15. The Bertz CT molecular complexity index is 469. The summed E-state index contributed by atoms with van der Waals surface area (Å²) < 4.78 is 1.76. The molecule has 1 aromatic heterocycles. The molecule has 1 saturated carbocycles. The number of nitrogens with zero attached hydrogens (tertiary/aromatic N) is 3. The molecule has 3 N–H and O–H groups in total. The standard InChI is InChI=1S/C13H19N5O/c14-12-10-3-2-9(8-10)11(12)13(19)15-4-1-6-18-7-5-16-17-18/h2-3,5,7,9-12H,1,4,6,8,14H2,(H,15,19)/t9-,10+,11-,12+/m1/s1. The van der Waals surface area contributed by atoms with Gasteiger partial charge < -0.3 is 11.1 Å². The first-order valence-electron chi connectivity index (χ1n) is 6.81. The lowest BCUT2D eigenvalue weighted by molar-refractivity contribution is -0.126. The van der Waals surface area contributed by atoms with Crippen LogP contribution in [0.25, 0.3) is 0 Å².